The Bertz CT molecular complexity index is 510. The molecule has 2 atom stereocenters. The van der Waals surface area contributed by atoms with Crippen LogP contribution < -0.4 is 0 Å². The number of hydrogen-bond donors (Lipinski definition) is 2. The molecule has 0 amide bonds. The van der Waals surface area contributed by atoms with Crippen molar-refractivity contribution >= 4 is 16.1 Å². The minimum absolute atomic E-state index is 0.869. The summed E-state index contributed by atoms with van der Waals surface area (Å²) in [5.41, 5.74) is -2.91. The third kappa shape index (κ3) is 3.50. The molecule has 2 unspecified atom stereocenters. The molecule has 1 fully saturated rings. The van der Waals surface area contributed by atoms with Gasteiger partial charge >= 0.3 is 11.2 Å². The Morgan fingerprint density at radius 1 is 1.10 bits per heavy atom. The van der Waals surface area contributed by atoms with Gasteiger partial charge in [0, 0.05) is 11.8 Å². The maximum atomic E-state index is 13.1. The molecule has 0 spiro atoms. The molecule has 1 aliphatic rings. The highest BCUT2D eigenvalue weighted by Crippen LogP contribution is 2.54. The molecule has 21 heavy (non-hydrogen) atoms. The average Bonchev–Trinajstić information content (AvgIpc) is 2.88. The predicted molar refractivity (Wildman–Crippen MR) is 64.1 cm³/mol. The van der Waals surface area contributed by atoms with Gasteiger partial charge in [-0.1, -0.05) is 0 Å². The van der Waals surface area contributed by atoms with Crippen LogP contribution in [0.3, 0.4) is 0 Å². The Hall–Kier alpha value is -0.840. The first-order chi connectivity index (χ1) is 9.01. The predicted octanol–water partition coefficient (Wildman–Crippen LogP) is -0.176. The van der Waals surface area contributed by atoms with Gasteiger partial charge in [-0.15, -0.1) is 0 Å². The third-order valence-corrected chi connectivity index (χ3v) is 4.17. The molecule has 0 bridgehead atoms. The number of esters is 1. The summed E-state index contributed by atoms with van der Waals surface area (Å²) in [5.74, 6) is -4.25. The maximum Gasteiger partial charge on any atom is 0.428 e. The summed E-state index contributed by atoms with van der Waals surface area (Å²) in [5, 5.41) is 14.5. The van der Waals surface area contributed by atoms with Gasteiger partial charge in [-0.2, -0.15) is 8.78 Å². The summed E-state index contributed by atoms with van der Waals surface area (Å²) in [6.07, 6.45) is -1.31. The van der Waals surface area contributed by atoms with Gasteiger partial charge in [0.2, 0.25) is 0 Å². The number of carbonyl (C=O) groups excluding carboxylic acids is 1. The van der Waals surface area contributed by atoms with Crippen molar-refractivity contribution in [3.63, 3.8) is 0 Å². The second-order valence-corrected chi connectivity index (χ2v) is 7.62. The summed E-state index contributed by atoms with van der Waals surface area (Å²) < 4.78 is 61.5. The lowest BCUT2D eigenvalue weighted by Crippen LogP contribution is -2.40. The molecule has 7 nitrogen and oxygen atoms in total. The van der Waals surface area contributed by atoms with Crippen LogP contribution in [-0.4, -0.2) is 51.7 Å². The smallest absolute Gasteiger partial charge is 0.428 e. The Labute approximate surface area is 120 Å². The molecular weight excluding hydrogens is 314 g/mol. The van der Waals surface area contributed by atoms with Crippen LogP contribution in [0, 0.1) is 11.8 Å². The molecule has 1 aliphatic carbocycles. The van der Waals surface area contributed by atoms with E-state index in [1.165, 1.54) is 27.7 Å². The zero-order valence-corrected chi connectivity index (χ0v) is 12.6. The molecule has 0 aromatic carbocycles. The Morgan fingerprint density at radius 2 is 1.43 bits per heavy atom. The first kappa shape index (κ1) is 18.2. The lowest BCUT2D eigenvalue weighted by molar-refractivity contribution is -0.165. The fourth-order valence-electron chi connectivity index (χ4n) is 2.41. The van der Waals surface area contributed by atoms with E-state index in [1.807, 2.05) is 0 Å². The molecule has 2 N–H and O–H groups in total. The average molecular weight is 331 g/mol. The van der Waals surface area contributed by atoms with Crippen LogP contribution in [0.1, 0.15) is 27.7 Å². The van der Waals surface area contributed by atoms with E-state index < -0.39 is 50.5 Å². The van der Waals surface area contributed by atoms with Crippen molar-refractivity contribution in [3.8, 4) is 0 Å². The summed E-state index contributed by atoms with van der Waals surface area (Å²) in [7, 11) is -6.21. The first-order valence-corrected chi connectivity index (χ1v) is 7.41. The van der Waals surface area contributed by atoms with Gasteiger partial charge in [0.25, 0.3) is 0 Å². The first-order valence-electron chi connectivity index (χ1n) is 6.00. The number of alkyl halides is 2. The van der Waals surface area contributed by atoms with Crippen LogP contribution >= 0.6 is 0 Å². The second-order valence-electron chi connectivity index (χ2n) is 6.20. The minimum Gasteiger partial charge on any atom is -0.743 e. The molecule has 1 saturated carbocycles. The molecule has 0 aromatic heterocycles. The molecule has 0 radical (unpaired) electrons. The zero-order chi connectivity index (χ0) is 17.0. The molecule has 0 saturated heterocycles. The van der Waals surface area contributed by atoms with E-state index in [9.17, 15) is 36.8 Å². The molecular formula is C11H17F2O7S-. The molecule has 124 valence electrons. The van der Waals surface area contributed by atoms with E-state index in [2.05, 4.69) is 4.74 Å². The van der Waals surface area contributed by atoms with Crippen LogP contribution in [-0.2, 0) is 19.6 Å². The highest BCUT2D eigenvalue weighted by Gasteiger charge is 2.66. The monoisotopic (exact) mass is 331 g/mol. The van der Waals surface area contributed by atoms with Crippen LogP contribution in [0.5, 0.6) is 0 Å². The zero-order valence-electron chi connectivity index (χ0n) is 11.8. The minimum atomic E-state index is -6.21. The number of aliphatic hydroxyl groups is 2. The summed E-state index contributed by atoms with van der Waals surface area (Å²) >= 11 is 0. The van der Waals surface area contributed by atoms with Crippen molar-refractivity contribution in [2.24, 2.45) is 11.8 Å². The molecule has 0 heterocycles. The van der Waals surface area contributed by atoms with Crippen molar-refractivity contribution in [1.29, 1.82) is 0 Å². The standard InChI is InChI=1S/C11H18F2O7S/c1-9(2,15)5-6(10(3,4)16)7(5)20-8(14)11(12,13)21(17,18)19/h5-7,15-16H,1-4H3,(H,17,18,19)/p-1. The van der Waals surface area contributed by atoms with E-state index in [4.69, 9.17) is 0 Å². The fourth-order valence-corrected chi connectivity index (χ4v) is 2.66. The Balaban J connectivity index is 2.96. The Kier molecular flexibility index (Phi) is 4.19. The lowest BCUT2D eigenvalue weighted by Gasteiger charge is -2.21. The van der Waals surface area contributed by atoms with Crippen molar-refractivity contribution in [2.75, 3.05) is 0 Å². The number of rotatable bonds is 5. The van der Waals surface area contributed by atoms with Gasteiger partial charge in [-0.25, -0.2) is 13.2 Å². The molecule has 0 aromatic rings. The fraction of sp³-hybridized carbons (Fsp3) is 0.909. The lowest BCUT2D eigenvalue weighted by atomic mass is 9.94. The van der Waals surface area contributed by atoms with Gasteiger partial charge in [0.05, 0.1) is 11.2 Å². The van der Waals surface area contributed by atoms with E-state index in [0.29, 0.717) is 0 Å². The van der Waals surface area contributed by atoms with E-state index in [-0.39, 0.29) is 0 Å². The van der Waals surface area contributed by atoms with Crippen LogP contribution in [0.15, 0.2) is 0 Å². The summed E-state index contributed by atoms with van der Waals surface area (Å²) in [6, 6.07) is 0. The van der Waals surface area contributed by atoms with Gasteiger partial charge < -0.3 is 19.5 Å². The maximum absolute atomic E-state index is 13.1. The van der Waals surface area contributed by atoms with Gasteiger partial charge in [-0.05, 0) is 27.7 Å². The summed E-state index contributed by atoms with van der Waals surface area (Å²) in [6.45, 7) is 5.30. The third-order valence-electron chi connectivity index (χ3n) is 3.38. The van der Waals surface area contributed by atoms with Crippen molar-refractivity contribution in [2.45, 2.75) is 50.3 Å². The summed E-state index contributed by atoms with van der Waals surface area (Å²) in [4.78, 5) is 11.2. The second kappa shape index (κ2) is 4.83. The van der Waals surface area contributed by atoms with Crippen molar-refractivity contribution < 1.29 is 41.5 Å². The van der Waals surface area contributed by atoms with E-state index in [0.717, 1.165) is 0 Å². The SMILES string of the molecule is CC(C)(O)C1C(OC(=O)C(F)(F)S(=O)(=O)[O-])C1C(C)(C)O. The number of carbonyl (C=O) groups is 1. The number of halogens is 2. The number of ether oxygens (including phenoxy) is 1. The van der Waals surface area contributed by atoms with Crippen LogP contribution in [0.4, 0.5) is 8.78 Å². The molecule has 1 rings (SSSR count). The van der Waals surface area contributed by atoms with Gasteiger partial charge in [-0.3, -0.25) is 0 Å². The van der Waals surface area contributed by atoms with Crippen LogP contribution in [0.2, 0.25) is 0 Å². The van der Waals surface area contributed by atoms with Gasteiger partial charge in [0.1, 0.15) is 6.10 Å². The van der Waals surface area contributed by atoms with E-state index >= 15 is 0 Å². The normalized spacial score (nSPS) is 27.4. The van der Waals surface area contributed by atoms with Crippen molar-refractivity contribution in [1.82, 2.24) is 0 Å². The van der Waals surface area contributed by atoms with Crippen molar-refractivity contribution in [3.05, 3.63) is 0 Å². The highest BCUT2D eigenvalue weighted by molar-refractivity contribution is 7.87. The largest absolute Gasteiger partial charge is 0.743 e. The Morgan fingerprint density at radius 3 is 1.67 bits per heavy atom. The molecule has 10 heteroatoms. The van der Waals surface area contributed by atoms with E-state index in [1.54, 1.807) is 0 Å². The highest BCUT2D eigenvalue weighted by atomic mass is 32.2. The van der Waals surface area contributed by atoms with Gasteiger partial charge in [0.15, 0.2) is 10.1 Å². The number of hydrogen-bond acceptors (Lipinski definition) is 7. The van der Waals surface area contributed by atoms with Crippen LogP contribution in [0.25, 0.3) is 0 Å². The molecule has 0 aliphatic heterocycles. The topological polar surface area (TPSA) is 124 Å². The quantitative estimate of drug-likeness (QED) is 0.529.